The van der Waals surface area contributed by atoms with Crippen molar-refractivity contribution in [2.24, 2.45) is 10.9 Å². The number of cyclic esters (lactones) is 1. The summed E-state index contributed by atoms with van der Waals surface area (Å²) < 4.78 is 5.39. The zero-order valence-corrected chi connectivity index (χ0v) is 17.7. The summed E-state index contributed by atoms with van der Waals surface area (Å²) in [5, 5.41) is 8.64. The van der Waals surface area contributed by atoms with E-state index in [1.165, 1.54) is 29.2 Å². The lowest BCUT2D eigenvalue weighted by molar-refractivity contribution is -0.153. The molecular formula is C18H24N4O4S2. The molecule has 1 aromatic rings. The fraction of sp³-hybridized carbons (Fsp3) is 0.500. The maximum Gasteiger partial charge on any atom is 0.329 e. The number of aromatic nitrogens is 1. The number of carbonyl (C=O) groups is 3. The predicted octanol–water partition coefficient (Wildman–Crippen LogP) is 1.51. The highest BCUT2D eigenvalue weighted by molar-refractivity contribution is 8.14. The summed E-state index contributed by atoms with van der Waals surface area (Å²) in [4.78, 5) is 45.7. The quantitative estimate of drug-likeness (QED) is 0.550. The second-order valence-corrected chi connectivity index (χ2v) is 8.33. The normalized spacial score (nSPS) is 23.9. The van der Waals surface area contributed by atoms with Crippen LogP contribution in [0.4, 0.5) is 0 Å². The number of nitrogens with zero attached hydrogens (tertiary/aromatic N) is 2. The Bertz CT molecular complexity index is 775. The van der Waals surface area contributed by atoms with Gasteiger partial charge in [-0.3, -0.25) is 14.6 Å². The van der Waals surface area contributed by atoms with E-state index >= 15 is 0 Å². The molecule has 1 aromatic heterocycles. The highest BCUT2D eigenvalue weighted by Gasteiger charge is 2.28. The van der Waals surface area contributed by atoms with E-state index in [9.17, 15) is 14.4 Å². The van der Waals surface area contributed by atoms with Crippen LogP contribution in [0.5, 0.6) is 0 Å². The summed E-state index contributed by atoms with van der Waals surface area (Å²) in [5.41, 5.74) is 0.658. The first-order valence-corrected chi connectivity index (χ1v) is 10.6. The molecule has 0 aromatic carbocycles. The molecule has 28 heavy (non-hydrogen) atoms. The first-order chi connectivity index (χ1) is 13.3. The number of rotatable bonds is 2. The zero-order valence-electron chi connectivity index (χ0n) is 16.1. The van der Waals surface area contributed by atoms with Gasteiger partial charge in [0.05, 0.1) is 18.7 Å². The lowest BCUT2D eigenvalue weighted by atomic mass is 10.0. The monoisotopic (exact) mass is 424 g/mol. The summed E-state index contributed by atoms with van der Waals surface area (Å²) in [7, 11) is 1.63. The number of fused-ring (bicyclic) bond motifs is 2. The van der Waals surface area contributed by atoms with Gasteiger partial charge in [-0.15, -0.1) is 11.3 Å². The molecule has 1 unspecified atom stereocenters. The summed E-state index contributed by atoms with van der Waals surface area (Å²) >= 11 is 2.64. The number of hydrogen-bond acceptors (Lipinski definition) is 8. The molecule has 0 spiro atoms. The number of nitrogens with one attached hydrogen (secondary N) is 2. The van der Waals surface area contributed by atoms with Crippen molar-refractivity contribution < 1.29 is 19.1 Å². The minimum absolute atomic E-state index is 0.0518. The van der Waals surface area contributed by atoms with Crippen LogP contribution in [-0.4, -0.2) is 52.8 Å². The van der Waals surface area contributed by atoms with Crippen LogP contribution >= 0.6 is 23.1 Å². The van der Waals surface area contributed by atoms with E-state index in [-0.39, 0.29) is 36.5 Å². The van der Waals surface area contributed by atoms with E-state index in [0.717, 1.165) is 0 Å². The maximum atomic E-state index is 12.5. The number of thioether (sulfide) groups is 1. The molecule has 1 aliphatic heterocycles. The Hall–Kier alpha value is -2.20. The molecular weight excluding hydrogens is 400 g/mol. The fourth-order valence-electron chi connectivity index (χ4n) is 2.41. The number of aliphatic imine (C=N–C) groups is 1. The first kappa shape index (κ1) is 22.1. The molecule has 0 fully saturated rings. The van der Waals surface area contributed by atoms with E-state index in [4.69, 9.17) is 4.74 Å². The molecule has 2 rings (SSSR count). The SMILES string of the molecule is C=CC1CC(=O)NCc2nc(cs2)C(=NC)SCC(=O)N[C@@H](C(C)C)C(=O)O1. The first-order valence-electron chi connectivity index (χ1n) is 8.77. The van der Waals surface area contributed by atoms with Gasteiger partial charge in [0.2, 0.25) is 11.8 Å². The average molecular weight is 425 g/mol. The summed E-state index contributed by atoms with van der Waals surface area (Å²) in [6.45, 7) is 7.50. The van der Waals surface area contributed by atoms with Gasteiger partial charge in [0.25, 0.3) is 0 Å². The average Bonchev–Trinajstić information content (AvgIpc) is 3.12. The Balaban J connectivity index is 2.26. The van der Waals surface area contributed by atoms with E-state index in [0.29, 0.717) is 15.7 Å². The summed E-state index contributed by atoms with van der Waals surface area (Å²) in [5.74, 6) is -1.27. The van der Waals surface area contributed by atoms with Gasteiger partial charge in [-0.25, -0.2) is 9.78 Å². The van der Waals surface area contributed by atoms with Crippen LogP contribution < -0.4 is 10.6 Å². The van der Waals surface area contributed by atoms with Gasteiger partial charge in [0.1, 0.15) is 27.9 Å². The Kier molecular flexibility index (Phi) is 8.18. The number of hydrogen-bond donors (Lipinski definition) is 2. The predicted molar refractivity (Wildman–Crippen MR) is 110 cm³/mol. The smallest absolute Gasteiger partial charge is 0.329 e. The van der Waals surface area contributed by atoms with Crippen molar-refractivity contribution in [3.8, 4) is 0 Å². The number of ether oxygens (including phenoxy) is 1. The van der Waals surface area contributed by atoms with Crippen molar-refractivity contribution in [3.63, 3.8) is 0 Å². The van der Waals surface area contributed by atoms with Crippen LogP contribution in [0.15, 0.2) is 23.0 Å². The molecule has 2 N–H and O–H groups in total. The van der Waals surface area contributed by atoms with Crippen LogP contribution in [0.3, 0.4) is 0 Å². The largest absolute Gasteiger partial charge is 0.456 e. The van der Waals surface area contributed by atoms with Crippen molar-refractivity contribution >= 4 is 45.9 Å². The van der Waals surface area contributed by atoms with Gasteiger partial charge in [-0.05, 0) is 5.92 Å². The van der Waals surface area contributed by atoms with E-state index in [1.807, 2.05) is 19.2 Å². The molecule has 0 saturated carbocycles. The van der Waals surface area contributed by atoms with Crippen LogP contribution in [0.1, 0.15) is 31.0 Å². The van der Waals surface area contributed by atoms with Crippen molar-refractivity contribution in [2.75, 3.05) is 12.8 Å². The topological polar surface area (TPSA) is 110 Å². The molecule has 2 amide bonds. The van der Waals surface area contributed by atoms with Gasteiger partial charge in [0, 0.05) is 12.4 Å². The van der Waals surface area contributed by atoms with Crippen molar-refractivity contribution in [1.82, 2.24) is 15.6 Å². The van der Waals surface area contributed by atoms with E-state index in [1.54, 1.807) is 7.05 Å². The lowest BCUT2D eigenvalue weighted by Crippen LogP contribution is -2.47. The molecule has 0 saturated heterocycles. The maximum absolute atomic E-state index is 12.5. The van der Waals surface area contributed by atoms with Crippen LogP contribution in [0.2, 0.25) is 0 Å². The van der Waals surface area contributed by atoms with Crippen LogP contribution in [0, 0.1) is 5.92 Å². The molecule has 10 heteroatoms. The van der Waals surface area contributed by atoms with Crippen molar-refractivity contribution in [1.29, 1.82) is 0 Å². The van der Waals surface area contributed by atoms with Gasteiger partial charge in [-0.1, -0.05) is 38.3 Å². The number of esters is 1. The highest BCUT2D eigenvalue weighted by Crippen LogP contribution is 2.18. The summed E-state index contributed by atoms with van der Waals surface area (Å²) in [6, 6.07) is -0.820. The molecule has 2 atom stereocenters. The zero-order chi connectivity index (χ0) is 20.7. The minimum Gasteiger partial charge on any atom is -0.456 e. The Morgan fingerprint density at radius 2 is 2.11 bits per heavy atom. The molecule has 152 valence electrons. The third-order valence-corrected chi connectivity index (χ3v) is 5.83. The molecule has 0 radical (unpaired) electrons. The number of carbonyl (C=O) groups excluding carboxylic acids is 3. The van der Waals surface area contributed by atoms with E-state index < -0.39 is 18.1 Å². The standard InChI is InChI=1S/C18H24N4O4S2/c1-5-11-6-13(23)20-7-15-21-12(8-27-15)17(19-4)28-9-14(24)22-16(10(2)3)18(25)26-11/h5,8,10-11,16H,1,6-7,9H2,2-4H3,(H,20,23)(H,22,24)/t11?,16-/m0/s1. The minimum atomic E-state index is -0.820. The third-order valence-electron chi connectivity index (χ3n) is 3.90. The lowest BCUT2D eigenvalue weighted by Gasteiger charge is -2.23. The van der Waals surface area contributed by atoms with Crippen molar-refractivity contribution in [3.05, 3.63) is 28.7 Å². The Morgan fingerprint density at radius 1 is 1.36 bits per heavy atom. The van der Waals surface area contributed by atoms with Crippen LogP contribution in [-0.2, 0) is 25.7 Å². The van der Waals surface area contributed by atoms with Crippen LogP contribution in [0.25, 0.3) is 0 Å². The highest BCUT2D eigenvalue weighted by atomic mass is 32.2. The van der Waals surface area contributed by atoms with Gasteiger partial charge in [0.15, 0.2) is 0 Å². The van der Waals surface area contributed by atoms with E-state index in [2.05, 4.69) is 27.2 Å². The molecule has 2 heterocycles. The van der Waals surface area contributed by atoms with Gasteiger partial charge >= 0.3 is 5.97 Å². The fourth-order valence-corrected chi connectivity index (χ4v) is 3.94. The number of thiazole rings is 1. The second kappa shape index (κ2) is 10.4. The van der Waals surface area contributed by atoms with Crippen molar-refractivity contribution in [2.45, 2.75) is 39.0 Å². The molecule has 1 aliphatic rings. The Labute approximate surface area is 172 Å². The molecule has 0 aliphatic carbocycles. The Morgan fingerprint density at radius 3 is 2.75 bits per heavy atom. The molecule has 8 nitrogen and oxygen atoms in total. The molecule has 2 bridgehead atoms. The van der Waals surface area contributed by atoms with Gasteiger partial charge < -0.3 is 15.4 Å². The van der Waals surface area contributed by atoms with Gasteiger partial charge in [-0.2, -0.15) is 0 Å². The second-order valence-electron chi connectivity index (χ2n) is 6.43. The third kappa shape index (κ3) is 6.16. The number of amides is 2. The summed E-state index contributed by atoms with van der Waals surface area (Å²) in [6.07, 6.45) is 0.573.